The number of carbonyl (C=O) groups excluding carboxylic acids is 1. The van der Waals surface area contributed by atoms with Gasteiger partial charge in [0.2, 0.25) is 8.32 Å². The zero-order valence-corrected chi connectivity index (χ0v) is 19.9. The maximum atomic E-state index is 12.4. The highest BCUT2D eigenvalue weighted by Crippen LogP contribution is 2.46. The van der Waals surface area contributed by atoms with E-state index in [2.05, 4.69) is 32.6 Å². The average molecular weight is 413 g/mol. The van der Waals surface area contributed by atoms with Crippen molar-refractivity contribution in [1.82, 2.24) is 0 Å². The summed E-state index contributed by atoms with van der Waals surface area (Å²) in [5.74, 6) is 1.34. The maximum Gasteiger partial charge on any atom is 0.309 e. The van der Waals surface area contributed by atoms with E-state index in [1.807, 2.05) is 0 Å². The summed E-state index contributed by atoms with van der Waals surface area (Å²) in [6, 6.07) is 0. The number of allylic oxidation sites excluding steroid dienone is 2. The lowest BCUT2D eigenvalue weighted by molar-refractivity contribution is -0.185. The zero-order chi connectivity index (χ0) is 20.9. The molecular formula is C22H40O5Si. The van der Waals surface area contributed by atoms with Crippen molar-refractivity contribution in [2.24, 2.45) is 23.2 Å². The van der Waals surface area contributed by atoms with Gasteiger partial charge in [-0.05, 0) is 69.2 Å². The van der Waals surface area contributed by atoms with E-state index in [9.17, 15) is 4.79 Å². The number of esters is 1. The molecule has 0 aromatic rings. The third-order valence-electron chi connectivity index (χ3n) is 6.36. The molecule has 0 bridgehead atoms. The fourth-order valence-electron chi connectivity index (χ4n) is 5.03. The molecule has 1 saturated carbocycles. The van der Waals surface area contributed by atoms with Crippen LogP contribution >= 0.6 is 0 Å². The average Bonchev–Trinajstić information content (AvgIpc) is 3.00. The van der Waals surface area contributed by atoms with E-state index >= 15 is 0 Å². The molecule has 0 aromatic carbocycles. The Morgan fingerprint density at radius 3 is 2.46 bits per heavy atom. The van der Waals surface area contributed by atoms with Gasteiger partial charge in [0.15, 0.2) is 6.29 Å². The first-order valence-corrected chi connectivity index (χ1v) is 14.1. The fourth-order valence-corrected chi connectivity index (χ4v) is 5.97. The standard InChI is InChI=1S/C22H40O5Si/c1-22(14-12-17(15-22)27-28(5,6)7)13-11-16-9-8-10-18(20(23)24-2)19(16)21(25-3)26-4/h15-16,18-19,21H,8-14H2,1-7H3/t16-,18-,19+,22?/m0/s1. The topological polar surface area (TPSA) is 54.0 Å². The zero-order valence-electron chi connectivity index (χ0n) is 18.9. The Labute approximate surface area is 172 Å². The highest BCUT2D eigenvalue weighted by Gasteiger charge is 2.44. The summed E-state index contributed by atoms with van der Waals surface area (Å²) in [7, 11) is 3.24. The van der Waals surface area contributed by atoms with Crippen LogP contribution in [0.2, 0.25) is 19.6 Å². The van der Waals surface area contributed by atoms with E-state index in [4.69, 9.17) is 18.6 Å². The van der Waals surface area contributed by atoms with Crippen LogP contribution in [0.1, 0.15) is 51.9 Å². The lowest BCUT2D eigenvalue weighted by atomic mass is 9.68. The molecule has 0 saturated heterocycles. The Bertz CT molecular complexity index is 552. The maximum absolute atomic E-state index is 12.4. The van der Waals surface area contributed by atoms with E-state index in [-0.39, 0.29) is 29.5 Å². The SMILES string of the molecule is COC(=O)[C@H]1CCC[C@@H](CCC2(C)C=C(O[Si](C)(C)C)CC2)[C@H]1C(OC)OC. The van der Waals surface area contributed by atoms with Gasteiger partial charge in [-0.2, -0.15) is 0 Å². The first-order valence-electron chi connectivity index (χ1n) is 10.7. The van der Waals surface area contributed by atoms with Gasteiger partial charge in [-0.15, -0.1) is 0 Å². The summed E-state index contributed by atoms with van der Waals surface area (Å²) in [6.07, 6.45) is 9.35. The van der Waals surface area contributed by atoms with Crippen molar-refractivity contribution in [3.05, 3.63) is 11.8 Å². The van der Waals surface area contributed by atoms with Gasteiger partial charge < -0.3 is 18.6 Å². The minimum absolute atomic E-state index is 0.0443. The molecule has 0 radical (unpaired) electrons. The summed E-state index contributed by atoms with van der Waals surface area (Å²) in [5, 5.41) is 0. The quantitative estimate of drug-likeness (QED) is 0.299. The third-order valence-corrected chi connectivity index (χ3v) is 7.23. The molecule has 2 rings (SSSR count). The normalized spacial score (nSPS) is 31.0. The molecule has 0 aromatic heterocycles. The van der Waals surface area contributed by atoms with Crippen molar-refractivity contribution < 1.29 is 23.4 Å². The molecule has 2 aliphatic carbocycles. The van der Waals surface area contributed by atoms with Crippen LogP contribution in [0.25, 0.3) is 0 Å². The Balaban J connectivity index is 2.09. The minimum Gasteiger partial charge on any atom is -0.548 e. The van der Waals surface area contributed by atoms with Crippen LogP contribution in [-0.2, 0) is 23.4 Å². The second kappa shape index (κ2) is 9.77. The first kappa shape index (κ1) is 23.4. The highest BCUT2D eigenvalue weighted by atomic mass is 28.4. The summed E-state index contributed by atoms with van der Waals surface area (Å²) in [6.45, 7) is 9.05. The molecule has 1 unspecified atom stereocenters. The number of ether oxygens (including phenoxy) is 3. The van der Waals surface area contributed by atoms with E-state index in [0.29, 0.717) is 5.92 Å². The smallest absolute Gasteiger partial charge is 0.309 e. The van der Waals surface area contributed by atoms with E-state index in [1.165, 1.54) is 12.9 Å². The number of methoxy groups -OCH3 is 3. The van der Waals surface area contributed by atoms with Crippen LogP contribution < -0.4 is 0 Å². The predicted molar refractivity (Wildman–Crippen MR) is 113 cm³/mol. The van der Waals surface area contributed by atoms with E-state index in [1.54, 1.807) is 14.2 Å². The number of rotatable bonds is 9. The van der Waals surface area contributed by atoms with Crippen molar-refractivity contribution in [3.8, 4) is 0 Å². The largest absolute Gasteiger partial charge is 0.548 e. The molecule has 28 heavy (non-hydrogen) atoms. The summed E-state index contributed by atoms with van der Waals surface area (Å²) < 4.78 is 22.5. The minimum atomic E-state index is -1.55. The van der Waals surface area contributed by atoms with Crippen molar-refractivity contribution in [2.75, 3.05) is 21.3 Å². The lowest BCUT2D eigenvalue weighted by Gasteiger charge is -2.41. The molecule has 0 aliphatic heterocycles. The molecule has 0 spiro atoms. The number of carbonyl (C=O) groups is 1. The van der Waals surface area contributed by atoms with Gasteiger partial charge in [-0.3, -0.25) is 4.79 Å². The van der Waals surface area contributed by atoms with Gasteiger partial charge >= 0.3 is 5.97 Å². The Morgan fingerprint density at radius 2 is 1.89 bits per heavy atom. The molecule has 0 amide bonds. The summed E-state index contributed by atoms with van der Waals surface area (Å²) >= 11 is 0. The summed E-state index contributed by atoms with van der Waals surface area (Å²) in [4.78, 5) is 12.4. The van der Waals surface area contributed by atoms with Gasteiger partial charge in [0, 0.05) is 26.6 Å². The molecule has 162 valence electrons. The van der Waals surface area contributed by atoms with Crippen LogP contribution in [0, 0.1) is 23.2 Å². The monoisotopic (exact) mass is 412 g/mol. The first-order chi connectivity index (χ1) is 13.1. The Kier molecular flexibility index (Phi) is 8.17. The Morgan fingerprint density at radius 1 is 1.21 bits per heavy atom. The molecular weight excluding hydrogens is 372 g/mol. The second-order valence-electron chi connectivity index (χ2n) is 9.76. The van der Waals surface area contributed by atoms with Crippen LogP contribution in [-0.4, -0.2) is 41.9 Å². The predicted octanol–water partition coefficient (Wildman–Crippen LogP) is 5.13. The van der Waals surface area contributed by atoms with Gasteiger partial charge in [-0.1, -0.05) is 13.3 Å². The fraction of sp³-hybridized carbons (Fsp3) is 0.864. The number of hydrogen-bond donors (Lipinski definition) is 0. The molecule has 5 nitrogen and oxygen atoms in total. The molecule has 1 fully saturated rings. The van der Waals surface area contributed by atoms with Crippen LogP contribution in [0.15, 0.2) is 11.8 Å². The molecule has 0 N–H and O–H groups in total. The van der Waals surface area contributed by atoms with Gasteiger partial charge in [0.05, 0.1) is 18.8 Å². The lowest BCUT2D eigenvalue weighted by Crippen LogP contribution is -2.43. The van der Waals surface area contributed by atoms with Crippen LogP contribution in [0.3, 0.4) is 0 Å². The third kappa shape index (κ3) is 6.07. The summed E-state index contributed by atoms with van der Waals surface area (Å²) in [5.41, 5.74) is 0.174. The van der Waals surface area contributed by atoms with Gasteiger partial charge in [-0.25, -0.2) is 0 Å². The molecule has 2 aliphatic rings. The van der Waals surface area contributed by atoms with Gasteiger partial charge in [0.1, 0.15) is 0 Å². The Hall–Kier alpha value is -0.853. The van der Waals surface area contributed by atoms with Crippen LogP contribution in [0.5, 0.6) is 0 Å². The van der Waals surface area contributed by atoms with Crippen molar-refractivity contribution in [3.63, 3.8) is 0 Å². The molecule has 4 atom stereocenters. The highest BCUT2D eigenvalue weighted by molar-refractivity contribution is 6.70. The second-order valence-corrected chi connectivity index (χ2v) is 14.2. The van der Waals surface area contributed by atoms with Crippen molar-refractivity contribution in [1.29, 1.82) is 0 Å². The number of hydrogen-bond acceptors (Lipinski definition) is 5. The van der Waals surface area contributed by atoms with E-state index < -0.39 is 8.32 Å². The van der Waals surface area contributed by atoms with E-state index in [0.717, 1.165) is 44.9 Å². The molecule has 6 heteroatoms. The van der Waals surface area contributed by atoms with Crippen molar-refractivity contribution in [2.45, 2.75) is 77.8 Å². The van der Waals surface area contributed by atoms with Crippen LogP contribution in [0.4, 0.5) is 0 Å². The molecule has 0 heterocycles. The van der Waals surface area contributed by atoms with Crippen molar-refractivity contribution >= 4 is 14.3 Å². The van der Waals surface area contributed by atoms with Gasteiger partial charge in [0.25, 0.3) is 0 Å².